The molecule has 0 saturated carbocycles. The minimum absolute atomic E-state index is 0.100. The monoisotopic (exact) mass is 365 g/mol. The molecule has 1 atom stereocenters. The van der Waals surface area contributed by atoms with Gasteiger partial charge in [0.25, 0.3) is 0 Å². The number of thioether (sulfide) groups is 1. The van der Waals surface area contributed by atoms with Gasteiger partial charge in [-0.05, 0) is 66.1 Å². The van der Waals surface area contributed by atoms with Gasteiger partial charge >= 0.3 is 0 Å². The molecule has 1 fully saturated rings. The molecule has 8 heteroatoms. The number of tetrazole rings is 1. The van der Waals surface area contributed by atoms with E-state index >= 15 is 0 Å². The van der Waals surface area contributed by atoms with E-state index in [1.165, 1.54) is 22.3 Å². The Morgan fingerprint density at radius 3 is 2.88 bits per heavy atom. The molecule has 1 aromatic carbocycles. The van der Waals surface area contributed by atoms with Gasteiger partial charge in [-0.15, -0.1) is 16.9 Å². The molecule has 0 spiro atoms. The highest BCUT2D eigenvalue weighted by Crippen LogP contribution is 2.25. The minimum atomic E-state index is 0.100. The number of benzene rings is 1. The zero-order valence-electron chi connectivity index (χ0n) is 13.3. The standard InChI is InChI=1S/C16H20ClN5OS/c17-13-4-6-15(7-5-13)24-10-8-14-3-1-2-9-22(14)16(23)11-21-12-18-19-20-21/h4-7,12,14H,1-3,8-11H2. The van der Waals surface area contributed by atoms with Crippen molar-refractivity contribution in [2.24, 2.45) is 0 Å². The second-order valence-electron chi connectivity index (χ2n) is 5.84. The molecular weight excluding hydrogens is 346 g/mol. The smallest absolute Gasteiger partial charge is 0.244 e. The van der Waals surface area contributed by atoms with Gasteiger partial charge in [-0.2, -0.15) is 0 Å². The van der Waals surface area contributed by atoms with Crippen LogP contribution in [0.25, 0.3) is 0 Å². The lowest BCUT2D eigenvalue weighted by Crippen LogP contribution is -2.45. The first-order chi connectivity index (χ1) is 11.7. The summed E-state index contributed by atoms with van der Waals surface area (Å²) in [5, 5.41) is 11.7. The van der Waals surface area contributed by atoms with E-state index in [9.17, 15) is 4.79 Å². The maximum Gasteiger partial charge on any atom is 0.244 e. The first kappa shape index (κ1) is 17.2. The van der Waals surface area contributed by atoms with Gasteiger partial charge in [-0.25, -0.2) is 4.68 Å². The highest BCUT2D eigenvalue weighted by atomic mass is 35.5. The summed E-state index contributed by atoms with van der Waals surface area (Å²) in [7, 11) is 0. The molecule has 0 N–H and O–H groups in total. The molecular formula is C16H20ClN5OS. The molecule has 1 aliphatic heterocycles. The van der Waals surface area contributed by atoms with Crippen LogP contribution in [0.2, 0.25) is 5.02 Å². The van der Waals surface area contributed by atoms with E-state index in [0.717, 1.165) is 36.6 Å². The molecule has 0 aliphatic carbocycles. The van der Waals surface area contributed by atoms with E-state index in [4.69, 9.17) is 11.6 Å². The number of piperidine rings is 1. The van der Waals surface area contributed by atoms with Crippen LogP contribution < -0.4 is 0 Å². The fraction of sp³-hybridized carbons (Fsp3) is 0.500. The number of halogens is 1. The van der Waals surface area contributed by atoms with Crippen LogP contribution in [0.4, 0.5) is 0 Å². The molecule has 1 saturated heterocycles. The zero-order chi connectivity index (χ0) is 16.8. The molecule has 3 rings (SSSR count). The average molecular weight is 366 g/mol. The van der Waals surface area contributed by atoms with Gasteiger partial charge in [-0.1, -0.05) is 11.6 Å². The molecule has 1 unspecified atom stereocenters. The number of nitrogens with zero attached hydrogens (tertiary/aromatic N) is 5. The third-order valence-electron chi connectivity index (χ3n) is 4.17. The van der Waals surface area contributed by atoms with Crippen LogP contribution in [0.1, 0.15) is 25.7 Å². The molecule has 1 amide bonds. The lowest BCUT2D eigenvalue weighted by molar-refractivity contribution is -0.135. The van der Waals surface area contributed by atoms with Crippen molar-refractivity contribution >= 4 is 29.3 Å². The predicted molar refractivity (Wildman–Crippen MR) is 94.0 cm³/mol. The summed E-state index contributed by atoms with van der Waals surface area (Å²) in [6, 6.07) is 8.20. The summed E-state index contributed by atoms with van der Waals surface area (Å²) in [4.78, 5) is 15.8. The highest BCUT2D eigenvalue weighted by molar-refractivity contribution is 7.99. The average Bonchev–Trinajstić information content (AvgIpc) is 3.10. The van der Waals surface area contributed by atoms with Gasteiger partial charge in [0.2, 0.25) is 5.91 Å². The molecule has 128 valence electrons. The number of hydrogen-bond donors (Lipinski definition) is 0. The highest BCUT2D eigenvalue weighted by Gasteiger charge is 2.26. The number of likely N-dealkylation sites (tertiary alicyclic amines) is 1. The van der Waals surface area contributed by atoms with E-state index in [-0.39, 0.29) is 12.5 Å². The Balaban J connectivity index is 1.52. The van der Waals surface area contributed by atoms with Gasteiger partial charge < -0.3 is 4.90 Å². The van der Waals surface area contributed by atoms with Gasteiger partial charge in [0, 0.05) is 22.5 Å². The van der Waals surface area contributed by atoms with Crippen molar-refractivity contribution in [1.29, 1.82) is 0 Å². The van der Waals surface area contributed by atoms with Crippen molar-refractivity contribution in [2.75, 3.05) is 12.3 Å². The van der Waals surface area contributed by atoms with Crippen LogP contribution in [-0.4, -0.2) is 49.4 Å². The molecule has 0 radical (unpaired) electrons. The van der Waals surface area contributed by atoms with Crippen molar-refractivity contribution in [1.82, 2.24) is 25.1 Å². The predicted octanol–water partition coefficient (Wildman–Crippen LogP) is 2.89. The van der Waals surface area contributed by atoms with Gasteiger partial charge in [-0.3, -0.25) is 4.79 Å². The number of carbonyl (C=O) groups is 1. The third-order valence-corrected chi connectivity index (χ3v) is 5.47. The van der Waals surface area contributed by atoms with Crippen LogP contribution >= 0.6 is 23.4 Å². The number of hydrogen-bond acceptors (Lipinski definition) is 5. The Kier molecular flexibility index (Phi) is 6.09. The number of carbonyl (C=O) groups excluding carboxylic acids is 1. The Morgan fingerprint density at radius 2 is 2.12 bits per heavy atom. The molecule has 0 bridgehead atoms. The number of aromatic nitrogens is 4. The fourth-order valence-electron chi connectivity index (χ4n) is 2.95. The van der Waals surface area contributed by atoms with Gasteiger partial charge in [0.15, 0.2) is 0 Å². The van der Waals surface area contributed by atoms with E-state index in [1.807, 2.05) is 40.9 Å². The molecule has 2 heterocycles. The van der Waals surface area contributed by atoms with Crippen molar-refractivity contribution in [2.45, 2.75) is 43.2 Å². The Hall–Kier alpha value is -1.60. The second-order valence-corrected chi connectivity index (χ2v) is 7.44. The first-order valence-corrected chi connectivity index (χ1v) is 9.47. The zero-order valence-corrected chi connectivity index (χ0v) is 14.9. The minimum Gasteiger partial charge on any atom is -0.338 e. The van der Waals surface area contributed by atoms with Crippen molar-refractivity contribution in [3.8, 4) is 0 Å². The van der Waals surface area contributed by atoms with Gasteiger partial charge in [0.1, 0.15) is 12.9 Å². The lowest BCUT2D eigenvalue weighted by Gasteiger charge is -2.35. The van der Waals surface area contributed by atoms with E-state index in [0.29, 0.717) is 6.04 Å². The fourth-order valence-corrected chi connectivity index (χ4v) is 4.03. The van der Waals surface area contributed by atoms with Crippen LogP contribution in [0, 0.1) is 0 Å². The first-order valence-electron chi connectivity index (χ1n) is 8.11. The Bertz CT molecular complexity index is 649. The van der Waals surface area contributed by atoms with Crippen LogP contribution in [0.3, 0.4) is 0 Å². The summed E-state index contributed by atoms with van der Waals surface area (Å²) in [6.07, 6.45) is 5.80. The quantitative estimate of drug-likeness (QED) is 0.736. The SMILES string of the molecule is O=C(Cn1cnnn1)N1CCCCC1CCSc1ccc(Cl)cc1. The molecule has 24 heavy (non-hydrogen) atoms. The largest absolute Gasteiger partial charge is 0.338 e. The third kappa shape index (κ3) is 4.70. The normalized spacial score (nSPS) is 17.9. The maximum atomic E-state index is 12.5. The molecule has 1 aliphatic rings. The van der Waals surface area contributed by atoms with Crippen molar-refractivity contribution < 1.29 is 4.79 Å². The number of rotatable bonds is 6. The Morgan fingerprint density at radius 1 is 1.29 bits per heavy atom. The van der Waals surface area contributed by atoms with Crippen molar-refractivity contribution in [3.05, 3.63) is 35.6 Å². The summed E-state index contributed by atoms with van der Waals surface area (Å²) in [5.41, 5.74) is 0. The molecule has 1 aromatic heterocycles. The Labute approximate surface area is 150 Å². The van der Waals surface area contributed by atoms with Crippen LogP contribution in [0.15, 0.2) is 35.5 Å². The summed E-state index contributed by atoms with van der Waals surface area (Å²) in [6.45, 7) is 1.05. The maximum absolute atomic E-state index is 12.5. The van der Waals surface area contributed by atoms with E-state index < -0.39 is 0 Å². The van der Waals surface area contributed by atoms with Crippen molar-refractivity contribution in [3.63, 3.8) is 0 Å². The summed E-state index contributed by atoms with van der Waals surface area (Å²) in [5.74, 6) is 1.09. The van der Waals surface area contributed by atoms with E-state index in [1.54, 1.807) is 0 Å². The summed E-state index contributed by atoms with van der Waals surface area (Å²) < 4.78 is 1.48. The summed E-state index contributed by atoms with van der Waals surface area (Å²) >= 11 is 7.72. The molecule has 2 aromatic rings. The second kappa shape index (κ2) is 8.48. The van der Waals surface area contributed by atoms with Crippen LogP contribution in [-0.2, 0) is 11.3 Å². The molecule has 6 nitrogen and oxygen atoms in total. The topological polar surface area (TPSA) is 63.9 Å². The number of amides is 1. The lowest BCUT2D eigenvalue weighted by atomic mass is 10.00. The van der Waals surface area contributed by atoms with Gasteiger partial charge in [0.05, 0.1) is 0 Å². The van der Waals surface area contributed by atoms with E-state index in [2.05, 4.69) is 15.5 Å². The van der Waals surface area contributed by atoms with Crippen LogP contribution in [0.5, 0.6) is 0 Å².